The van der Waals surface area contributed by atoms with E-state index in [1.54, 1.807) is 0 Å². The van der Waals surface area contributed by atoms with E-state index in [4.69, 9.17) is 0 Å². The van der Waals surface area contributed by atoms with E-state index in [2.05, 4.69) is 271 Å². The third kappa shape index (κ3) is 6.92. The van der Waals surface area contributed by atoms with Gasteiger partial charge in [0.05, 0.1) is 28.1 Å². The fraction of sp³-hybridized carbons (Fsp3) is 0.111. The molecule has 1 aromatic heterocycles. The number of anilines is 3. The minimum atomic E-state index is -0.336. The van der Waals surface area contributed by atoms with E-state index in [1.165, 1.54) is 126 Å². The van der Waals surface area contributed by atoms with Crippen LogP contribution in [0.5, 0.6) is 0 Å². The lowest BCUT2D eigenvalue weighted by atomic mass is 9.74. The highest BCUT2D eigenvalue weighted by Gasteiger charge is 2.42. The molecule has 354 valence electrons. The number of benzene rings is 11. The van der Waals surface area contributed by atoms with Crippen molar-refractivity contribution < 1.29 is 0 Å². The monoisotopic (exact) mass is 948 g/mol. The van der Waals surface area contributed by atoms with Gasteiger partial charge in [-0.15, -0.1) is 0 Å². The van der Waals surface area contributed by atoms with Crippen LogP contribution in [0.15, 0.2) is 255 Å². The van der Waals surface area contributed by atoms with Crippen molar-refractivity contribution in [3.05, 3.63) is 277 Å². The number of rotatable bonds is 9. The van der Waals surface area contributed by atoms with Crippen LogP contribution in [-0.2, 0) is 5.41 Å². The highest BCUT2D eigenvalue weighted by molar-refractivity contribution is 6.15. The quantitative estimate of drug-likeness (QED) is 0.140. The zero-order valence-corrected chi connectivity index (χ0v) is 41.8. The summed E-state index contributed by atoms with van der Waals surface area (Å²) in [6.45, 7) is 2.42. The summed E-state index contributed by atoms with van der Waals surface area (Å²) in [4.78, 5) is 2.60. The van der Waals surface area contributed by atoms with Crippen LogP contribution >= 0.6 is 0 Å². The van der Waals surface area contributed by atoms with E-state index < -0.39 is 0 Å². The molecule has 1 heterocycles. The maximum atomic E-state index is 2.60. The molecule has 2 aliphatic rings. The summed E-state index contributed by atoms with van der Waals surface area (Å²) in [6.07, 6.45) is 6.37. The second-order valence-corrected chi connectivity index (χ2v) is 20.6. The second-order valence-electron chi connectivity index (χ2n) is 20.6. The first-order valence-electron chi connectivity index (χ1n) is 26.6. The first-order chi connectivity index (χ1) is 36.7. The lowest BCUT2D eigenvalue weighted by Crippen LogP contribution is -2.22. The summed E-state index contributed by atoms with van der Waals surface area (Å²) in [5.74, 6) is 0.541. The molecule has 0 radical (unpaired) electrons. The average Bonchev–Trinajstić information content (AvgIpc) is 4.01. The van der Waals surface area contributed by atoms with E-state index in [1.807, 2.05) is 0 Å². The van der Waals surface area contributed by atoms with Gasteiger partial charge in [0.15, 0.2) is 0 Å². The van der Waals surface area contributed by atoms with Gasteiger partial charge in [-0.2, -0.15) is 0 Å². The van der Waals surface area contributed by atoms with Crippen LogP contribution in [0.4, 0.5) is 17.1 Å². The smallest absolute Gasteiger partial charge is 0.0620 e. The Morgan fingerprint density at radius 3 is 1.62 bits per heavy atom. The highest BCUT2D eigenvalue weighted by atomic mass is 15.2. The minimum Gasteiger partial charge on any atom is -0.309 e. The second kappa shape index (κ2) is 18.1. The molecular formula is C72H56N2. The Labute approximate surface area is 434 Å². The van der Waals surface area contributed by atoms with Gasteiger partial charge in [-0.3, -0.25) is 0 Å². The van der Waals surface area contributed by atoms with Crippen LogP contribution in [0, 0.1) is 0 Å². The van der Waals surface area contributed by atoms with Crippen molar-refractivity contribution in [2.45, 2.75) is 50.4 Å². The number of para-hydroxylation sites is 6. The van der Waals surface area contributed by atoms with Crippen LogP contribution in [0.2, 0.25) is 0 Å². The van der Waals surface area contributed by atoms with Crippen LogP contribution in [0.3, 0.4) is 0 Å². The molecule has 1 unspecified atom stereocenters. The molecule has 14 rings (SSSR count). The third-order valence-electron chi connectivity index (χ3n) is 16.7. The van der Waals surface area contributed by atoms with Crippen molar-refractivity contribution in [2.75, 3.05) is 4.90 Å². The maximum absolute atomic E-state index is 2.60. The average molecular weight is 949 g/mol. The van der Waals surface area contributed by atoms with Gasteiger partial charge in [0.25, 0.3) is 0 Å². The normalized spacial score (nSPS) is 15.4. The molecular weight excluding hydrogens is 893 g/mol. The Balaban J connectivity index is 1.07. The zero-order valence-electron chi connectivity index (χ0n) is 41.8. The van der Waals surface area contributed by atoms with Gasteiger partial charge >= 0.3 is 0 Å². The fourth-order valence-corrected chi connectivity index (χ4v) is 13.4. The van der Waals surface area contributed by atoms with E-state index in [0.717, 1.165) is 28.3 Å². The van der Waals surface area contributed by atoms with Crippen LogP contribution in [-0.4, -0.2) is 4.57 Å². The van der Waals surface area contributed by atoms with Gasteiger partial charge < -0.3 is 9.47 Å². The maximum Gasteiger partial charge on any atom is 0.0620 e. The fourth-order valence-electron chi connectivity index (χ4n) is 13.4. The summed E-state index contributed by atoms with van der Waals surface area (Å²) in [6, 6.07) is 95.4. The molecule has 0 aliphatic heterocycles. The van der Waals surface area contributed by atoms with E-state index in [-0.39, 0.29) is 5.41 Å². The Kier molecular flexibility index (Phi) is 10.8. The summed E-state index contributed by atoms with van der Waals surface area (Å²) in [5, 5.41) is 5.15. The largest absolute Gasteiger partial charge is 0.309 e. The van der Waals surface area contributed by atoms with Gasteiger partial charge in [0.2, 0.25) is 0 Å². The van der Waals surface area contributed by atoms with Crippen molar-refractivity contribution >= 4 is 49.6 Å². The summed E-state index contributed by atoms with van der Waals surface area (Å²) in [5.41, 5.74) is 21.8. The van der Waals surface area contributed by atoms with Gasteiger partial charge in [0.1, 0.15) is 0 Å². The summed E-state index contributed by atoms with van der Waals surface area (Å²) < 4.78 is 2.47. The molecule has 11 aromatic carbocycles. The number of aromatic nitrogens is 1. The molecule has 0 bridgehead atoms. The molecule has 2 nitrogen and oxygen atoms in total. The standard InChI is InChI=1S/C72H56N2/c1-72(51-29-7-3-8-30-51)63-43-16-11-37-62(63)70-59(40-24-44-64(70)72)55-34-13-19-47-67(55)74(66-46-18-12-33-54(66)58-39-22-28-50-27-21-38-53(69(50)58)49-25-5-2-6-26-49)68-48-20-15-36-57(68)61-42-23-41-60-56-35-14-17-45-65(56)73(71(60)61)52-31-9-4-10-32-52/h3-4,7-24,27-49H,2,5-6,25-26H2,1H3. The van der Waals surface area contributed by atoms with Crippen LogP contribution < -0.4 is 4.90 Å². The molecule has 0 amide bonds. The number of nitrogens with zero attached hydrogens (tertiary/aromatic N) is 2. The van der Waals surface area contributed by atoms with Gasteiger partial charge in [-0.05, 0) is 117 Å². The predicted molar refractivity (Wildman–Crippen MR) is 313 cm³/mol. The van der Waals surface area contributed by atoms with E-state index in [0.29, 0.717) is 5.92 Å². The lowest BCUT2D eigenvalue weighted by molar-refractivity contribution is 0.445. The summed E-state index contributed by atoms with van der Waals surface area (Å²) >= 11 is 0. The molecule has 0 N–H and O–H groups in total. The minimum absolute atomic E-state index is 0.336. The number of hydrogen-bond donors (Lipinski definition) is 0. The molecule has 1 saturated carbocycles. The Bertz CT molecular complexity index is 4080. The lowest BCUT2D eigenvalue weighted by Gasteiger charge is -2.33. The van der Waals surface area contributed by atoms with Crippen LogP contribution in [0.1, 0.15) is 67.2 Å². The Morgan fingerprint density at radius 1 is 0.392 bits per heavy atom. The number of fused-ring (bicyclic) bond motifs is 7. The van der Waals surface area contributed by atoms with Crippen LogP contribution in [0.25, 0.3) is 82.8 Å². The molecule has 0 spiro atoms. The summed E-state index contributed by atoms with van der Waals surface area (Å²) in [7, 11) is 0. The van der Waals surface area contributed by atoms with Crippen molar-refractivity contribution in [1.82, 2.24) is 4.57 Å². The van der Waals surface area contributed by atoms with Gasteiger partial charge in [-0.25, -0.2) is 0 Å². The predicted octanol–water partition coefficient (Wildman–Crippen LogP) is 19.8. The third-order valence-corrected chi connectivity index (χ3v) is 16.7. The SMILES string of the molecule is CC1(c2ccccc2)c2ccccc2-c2c(-c3ccccc3N(c3ccccc3-c3cccc4cccc(C5CCCCC5)c34)c3ccccc3-c3cccc4c5ccccc5n(-c5ccccc5)c34)cccc21. The topological polar surface area (TPSA) is 8.17 Å². The number of hydrogen-bond acceptors (Lipinski definition) is 1. The van der Waals surface area contributed by atoms with Gasteiger partial charge in [-0.1, -0.05) is 238 Å². The molecule has 0 saturated heterocycles. The van der Waals surface area contributed by atoms with E-state index in [9.17, 15) is 0 Å². The van der Waals surface area contributed by atoms with E-state index >= 15 is 0 Å². The molecule has 2 heteroatoms. The molecule has 12 aromatic rings. The van der Waals surface area contributed by atoms with Gasteiger partial charge in [0, 0.05) is 44.1 Å². The Morgan fingerprint density at radius 2 is 0.892 bits per heavy atom. The van der Waals surface area contributed by atoms with Crippen molar-refractivity contribution in [1.29, 1.82) is 0 Å². The molecule has 1 fully saturated rings. The molecule has 1 atom stereocenters. The van der Waals surface area contributed by atoms with Crippen molar-refractivity contribution in [2.24, 2.45) is 0 Å². The first kappa shape index (κ1) is 44.0. The Hall–Kier alpha value is -8.72. The zero-order chi connectivity index (χ0) is 49.2. The molecule has 74 heavy (non-hydrogen) atoms. The highest BCUT2D eigenvalue weighted by Crippen LogP contribution is 2.57. The molecule has 2 aliphatic carbocycles. The first-order valence-corrected chi connectivity index (χ1v) is 26.6. The van der Waals surface area contributed by atoms with Crippen molar-refractivity contribution in [3.8, 4) is 50.2 Å². The van der Waals surface area contributed by atoms with Crippen molar-refractivity contribution in [3.63, 3.8) is 0 Å².